The largest absolute Gasteiger partial charge is 0.493 e. The van der Waals surface area contributed by atoms with Crippen LogP contribution < -0.4 is 4.74 Å². The normalized spacial score (nSPS) is 13.2. The van der Waals surface area contributed by atoms with Gasteiger partial charge < -0.3 is 14.2 Å². The van der Waals surface area contributed by atoms with Crippen molar-refractivity contribution in [3.63, 3.8) is 0 Å². The zero-order valence-electron chi connectivity index (χ0n) is 16.4. The fraction of sp³-hybridized carbons (Fsp3) is 0.304. The van der Waals surface area contributed by atoms with Crippen molar-refractivity contribution in [1.29, 1.82) is 0 Å². The van der Waals surface area contributed by atoms with Crippen molar-refractivity contribution in [2.45, 2.75) is 32.7 Å². The molecule has 0 radical (unpaired) electrons. The van der Waals surface area contributed by atoms with Gasteiger partial charge in [0.15, 0.2) is 5.76 Å². The quantitative estimate of drug-likeness (QED) is 0.622. The van der Waals surface area contributed by atoms with Crippen molar-refractivity contribution < 1.29 is 18.4 Å². The van der Waals surface area contributed by atoms with Crippen molar-refractivity contribution in [2.75, 3.05) is 13.2 Å². The van der Waals surface area contributed by atoms with Gasteiger partial charge >= 0.3 is 0 Å². The second-order valence-corrected chi connectivity index (χ2v) is 7.11. The summed E-state index contributed by atoms with van der Waals surface area (Å²) in [5.74, 6) is 1.11. The van der Waals surface area contributed by atoms with Gasteiger partial charge in [-0.2, -0.15) is 0 Å². The number of halogens is 1. The van der Waals surface area contributed by atoms with Crippen LogP contribution in [0.25, 0.3) is 11.3 Å². The molecule has 0 unspecified atom stereocenters. The van der Waals surface area contributed by atoms with Gasteiger partial charge in [-0.1, -0.05) is 24.2 Å². The molecule has 29 heavy (non-hydrogen) atoms. The first-order chi connectivity index (χ1) is 14.1. The fourth-order valence-electron chi connectivity index (χ4n) is 3.49. The highest BCUT2D eigenvalue weighted by atomic mass is 19.1. The maximum absolute atomic E-state index is 13.2. The van der Waals surface area contributed by atoms with Crippen LogP contribution in [0.4, 0.5) is 4.39 Å². The van der Waals surface area contributed by atoms with E-state index in [1.54, 1.807) is 17.0 Å². The first-order valence-electron chi connectivity index (χ1n) is 9.87. The standard InChI is InChI=1S/C23H23FN2O3/c1-2-16-3-9-19(10-4-16)28-14-12-22(27)26-13-11-21-20(15-26)23(29-25-21)17-5-7-18(24)8-6-17/h3-10H,2,11-15H2,1H3. The first kappa shape index (κ1) is 19.2. The molecule has 0 N–H and O–H groups in total. The first-order valence-corrected chi connectivity index (χ1v) is 9.87. The van der Waals surface area contributed by atoms with Crippen LogP contribution in [0, 0.1) is 5.82 Å². The summed E-state index contributed by atoms with van der Waals surface area (Å²) in [6, 6.07) is 14.0. The minimum absolute atomic E-state index is 0.0343. The zero-order valence-corrected chi connectivity index (χ0v) is 16.4. The van der Waals surface area contributed by atoms with E-state index in [-0.39, 0.29) is 11.7 Å². The molecule has 1 aliphatic rings. The predicted molar refractivity (Wildman–Crippen MR) is 107 cm³/mol. The molecular formula is C23H23FN2O3. The van der Waals surface area contributed by atoms with E-state index in [1.165, 1.54) is 17.7 Å². The van der Waals surface area contributed by atoms with Gasteiger partial charge in [-0.3, -0.25) is 4.79 Å². The van der Waals surface area contributed by atoms with Crippen LogP contribution in [-0.4, -0.2) is 29.1 Å². The van der Waals surface area contributed by atoms with Crippen molar-refractivity contribution in [3.8, 4) is 17.1 Å². The van der Waals surface area contributed by atoms with Crippen LogP contribution in [0.1, 0.15) is 30.2 Å². The molecule has 0 bridgehead atoms. The highest BCUT2D eigenvalue weighted by molar-refractivity contribution is 5.77. The molecule has 0 atom stereocenters. The Morgan fingerprint density at radius 1 is 1.17 bits per heavy atom. The third-order valence-corrected chi connectivity index (χ3v) is 5.21. The molecule has 1 amide bonds. The number of ether oxygens (including phenoxy) is 1. The number of fused-ring (bicyclic) bond motifs is 1. The Kier molecular flexibility index (Phi) is 5.60. The average molecular weight is 394 g/mol. The van der Waals surface area contributed by atoms with Gasteiger partial charge in [-0.05, 0) is 48.4 Å². The number of aryl methyl sites for hydroxylation is 1. The number of rotatable bonds is 6. The van der Waals surface area contributed by atoms with Crippen LogP contribution in [0.2, 0.25) is 0 Å². The molecule has 2 aromatic carbocycles. The molecule has 0 aliphatic carbocycles. The summed E-state index contributed by atoms with van der Waals surface area (Å²) in [6.07, 6.45) is 1.94. The predicted octanol–water partition coefficient (Wildman–Crippen LogP) is 4.40. The molecule has 1 aliphatic heterocycles. The number of carbonyl (C=O) groups excluding carboxylic acids is 1. The Morgan fingerprint density at radius 2 is 1.93 bits per heavy atom. The average Bonchev–Trinajstić information content (AvgIpc) is 3.18. The fourth-order valence-corrected chi connectivity index (χ4v) is 3.49. The van der Waals surface area contributed by atoms with E-state index in [2.05, 4.69) is 12.1 Å². The molecule has 2 heterocycles. The van der Waals surface area contributed by atoms with Gasteiger partial charge in [0.1, 0.15) is 11.6 Å². The summed E-state index contributed by atoms with van der Waals surface area (Å²) in [5.41, 5.74) is 3.77. The molecule has 5 nitrogen and oxygen atoms in total. The number of amides is 1. The molecule has 4 rings (SSSR count). The van der Waals surface area contributed by atoms with E-state index < -0.39 is 0 Å². The third-order valence-electron chi connectivity index (χ3n) is 5.21. The SMILES string of the molecule is CCc1ccc(OCCC(=O)N2CCc3noc(-c4ccc(F)cc4)c3C2)cc1. The molecule has 3 aromatic rings. The molecule has 0 spiro atoms. The van der Waals surface area contributed by atoms with E-state index in [4.69, 9.17) is 9.26 Å². The van der Waals surface area contributed by atoms with Crippen molar-refractivity contribution in [2.24, 2.45) is 0 Å². The minimum atomic E-state index is -0.303. The summed E-state index contributed by atoms with van der Waals surface area (Å²) < 4.78 is 24.4. The number of nitrogens with zero attached hydrogens (tertiary/aromatic N) is 2. The zero-order chi connectivity index (χ0) is 20.2. The van der Waals surface area contributed by atoms with Crippen LogP contribution in [-0.2, 0) is 24.2 Å². The van der Waals surface area contributed by atoms with Crippen molar-refractivity contribution in [3.05, 3.63) is 71.2 Å². The molecule has 6 heteroatoms. The molecule has 0 saturated carbocycles. The number of hydrogen-bond donors (Lipinski definition) is 0. The van der Waals surface area contributed by atoms with Crippen LogP contribution in [0.3, 0.4) is 0 Å². The van der Waals surface area contributed by atoms with Crippen LogP contribution in [0.5, 0.6) is 5.75 Å². The monoisotopic (exact) mass is 394 g/mol. The van der Waals surface area contributed by atoms with E-state index >= 15 is 0 Å². The third kappa shape index (κ3) is 4.31. The molecule has 150 valence electrons. The maximum Gasteiger partial charge on any atom is 0.226 e. The second kappa shape index (κ2) is 8.47. The van der Waals surface area contributed by atoms with Gasteiger partial charge in [0.25, 0.3) is 0 Å². The van der Waals surface area contributed by atoms with Crippen LogP contribution in [0.15, 0.2) is 53.1 Å². The van der Waals surface area contributed by atoms with E-state index in [0.29, 0.717) is 38.3 Å². The lowest BCUT2D eigenvalue weighted by atomic mass is 10.0. The highest BCUT2D eigenvalue weighted by Gasteiger charge is 2.27. The number of aromatic nitrogens is 1. The Labute approximate surface area is 169 Å². The Bertz CT molecular complexity index is 980. The Hall–Kier alpha value is -3.15. The van der Waals surface area contributed by atoms with Gasteiger partial charge in [0.2, 0.25) is 5.91 Å². The molecule has 1 aromatic heterocycles. The van der Waals surface area contributed by atoms with E-state index in [9.17, 15) is 9.18 Å². The Balaban J connectivity index is 1.37. The summed E-state index contributed by atoms with van der Waals surface area (Å²) >= 11 is 0. The summed E-state index contributed by atoms with van der Waals surface area (Å²) in [7, 11) is 0. The van der Waals surface area contributed by atoms with Gasteiger partial charge in [0.05, 0.1) is 25.3 Å². The molecular weight excluding hydrogens is 371 g/mol. The molecule has 0 saturated heterocycles. The smallest absolute Gasteiger partial charge is 0.226 e. The molecule has 0 fully saturated rings. The lowest BCUT2D eigenvalue weighted by Crippen LogP contribution is -2.36. The Morgan fingerprint density at radius 3 is 2.66 bits per heavy atom. The number of carbonyl (C=O) groups is 1. The number of hydrogen-bond acceptors (Lipinski definition) is 4. The summed E-state index contributed by atoms with van der Waals surface area (Å²) in [6.45, 7) is 3.49. The number of benzene rings is 2. The van der Waals surface area contributed by atoms with Gasteiger partial charge in [-0.25, -0.2) is 4.39 Å². The van der Waals surface area contributed by atoms with E-state index in [1.807, 2.05) is 24.3 Å². The lowest BCUT2D eigenvalue weighted by Gasteiger charge is -2.26. The lowest BCUT2D eigenvalue weighted by molar-refractivity contribution is -0.132. The van der Waals surface area contributed by atoms with E-state index in [0.717, 1.165) is 29.0 Å². The van der Waals surface area contributed by atoms with Gasteiger partial charge in [0, 0.05) is 24.1 Å². The van der Waals surface area contributed by atoms with Gasteiger partial charge in [-0.15, -0.1) is 0 Å². The summed E-state index contributed by atoms with van der Waals surface area (Å²) in [4.78, 5) is 14.5. The highest BCUT2D eigenvalue weighted by Crippen LogP contribution is 2.30. The van der Waals surface area contributed by atoms with Crippen LogP contribution >= 0.6 is 0 Å². The topological polar surface area (TPSA) is 55.6 Å². The minimum Gasteiger partial charge on any atom is -0.493 e. The van der Waals surface area contributed by atoms with Crippen molar-refractivity contribution in [1.82, 2.24) is 10.1 Å². The maximum atomic E-state index is 13.2. The summed E-state index contributed by atoms with van der Waals surface area (Å²) in [5, 5.41) is 4.13. The second-order valence-electron chi connectivity index (χ2n) is 7.11. The van der Waals surface area contributed by atoms with Crippen molar-refractivity contribution >= 4 is 5.91 Å².